The molecule has 4 rings (SSSR count). The molecule has 3 aromatic rings. The topological polar surface area (TPSA) is 66.8 Å². The number of benzene rings is 2. The quantitative estimate of drug-likeness (QED) is 0.326. The third kappa shape index (κ3) is 3.47. The molecule has 29 heavy (non-hydrogen) atoms. The number of nitrogens with zero attached hydrogens (tertiary/aromatic N) is 1. The lowest BCUT2D eigenvalue weighted by molar-refractivity contribution is -0.132. The summed E-state index contributed by atoms with van der Waals surface area (Å²) >= 11 is 4.84. The largest absolute Gasteiger partial charge is 0.507 e. The van der Waals surface area contributed by atoms with Gasteiger partial charge in [-0.2, -0.15) is 0 Å². The minimum atomic E-state index is -0.719. The van der Waals surface area contributed by atoms with Gasteiger partial charge in [0.05, 0.1) is 12.7 Å². The second kappa shape index (κ2) is 7.85. The predicted octanol–water partition coefficient (Wildman–Crippen LogP) is 5.15. The second-order valence-electron chi connectivity index (χ2n) is 6.40. The fraction of sp³-hybridized carbons (Fsp3) is 0.0909. The minimum Gasteiger partial charge on any atom is -0.507 e. The third-order valence-electron chi connectivity index (χ3n) is 4.69. The van der Waals surface area contributed by atoms with E-state index in [0.29, 0.717) is 17.0 Å². The maximum atomic E-state index is 13.0. The Balaban J connectivity index is 1.93. The van der Waals surface area contributed by atoms with Gasteiger partial charge in [-0.05, 0) is 41.8 Å². The smallest absolute Gasteiger partial charge is 0.300 e. The van der Waals surface area contributed by atoms with Gasteiger partial charge in [0.25, 0.3) is 11.7 Å². The zero-order valence-electron chi connectivity index (χ0n) is 15.3. The summed E-state index contributed by atoms with van der Waals surface area (Å²) in [5, 5.41) is 12.9. The standard InChI is InChI=1S/C22H16BrNO4S/c1-28-16-8-2-5-13(11-16)20(25)18-19(17-9-4-10-29-17)24(22(27)21(18)26)15-7-3-6-14(23)12-15/h2-12,19,25H,1H3/b20-18-. The molecular weight excluding hydrogens is 454 g/mol. The molecule has 2 aromatic carbocycles. The maximum Gasteiger partial charge on any atom is 0.300 e. The van der Waals surface area contributed by atoms with Crippen molar-refractivity contribution < 1.29 is 19.4 Å². The number of halogens is 1. The molecule has 1 fully saturated rings. The number of thiophene rings is 1. The lowest BCUT2D eigenvalue weighted by Gasteiger charge is -2.24. The number of carbonyl (C=O) groups excluding carboxylic acids is 2. The van der Waals surface area contributed by atoms with Crippen molar-refractivity contribution in [2.75, 3.05) is 12.0 Å². The number of carbonyl (C=O) groups is 2. The number of hydrogen-bond acceptors (Lipinski definition) is 5. The molecule has 0 spiro atoms. The van der Waals surface area contributed by atoms with Crippen LogP contribution in [0.2, 0.25) is 0 Å². The average Bonchev–Trinajstić information content (AvgIpc) is 3.35. The molecule has 7 heteroatoms. The Morgan fingerprint density at radius 1 is 1.10 bits per heavy atom. The highest BCUT2D eigenvalue weighted by atomic mass is 79.9. The summed E-state index contributed by atoms with van der Waals surface area (Å²) in [4.78, 5) is 28.2. The number of hydrogen-bond donors (Lipinski definition) is 1. The molecule has 1 aliphatic heterocycles. The highest BCUT2D eigenvalue weighted by Gasteiger charge is 2.47. The zero-order valence-corrected chi connectivity index (χ0v) is 17.7. The van der Waals surface area contributed by atoms with E-state index in [1.54, 1.807) is 42.5 Å². The summed E-state index contributed by atoms with van der Waals surface area (Å²) in [6, 6.07) is 16.9. The number of Topliss-reactive ketones (excluding diaryl/α,β-unsaturated/α-hetero) is 1. The van der Waals surface area contributed by atoms with Gasteiger partial charge in [0.1, 0.15) is 17.6 Å². The van der Waals surface area contributed by atoms with Crippen LogP contribution in [0.3, 0.4) is 0 Å². The van der Waals surface area contributed by atoms with E-state index < -0.39 is 17.7 Å². The summed E-state index contributed by atoms with van der Waals surface area (Å²) in [7, 11) is 1.52. The SMILES string of the molecule is COc1cccc(/C(O)=C2/C(=O)C(=O)N(c3cccc(Br)c3)C2c2cccs2)c1. The Kier molecular flexibility index (Phi) is 5.25. The van der Waals surface area contributed by atoms with Gasteiger partial charge in [-0.15, -0.1) is 11.3 Å². The molecule has 2 heterocycles. The lowest BCUT2D eigenvalue weighted by Crippen LogP contribution is -2.29. The molecule has 1 amide bonds. The van der Waals surface area contributed by atoms with Gasteiger partial charge >= 0.3 is 0 Å². The van der Waals surface area contributed by atoms with E-state index in [9.17, 15) is 14.7 Å². The molecule has 1 atom stereocenters. The third-order valence-corrected chi connectivity index (χ3v) is 6.10. The van der Waals surface area contributed by atoms with Gasteiger partial charge in [0.15, 0.2) is 0 Å². The van der Waals surface area contributed by atoms with Gasteiger partial charge in [0.2, 0.25) is 0 Å². The van der Waals surface area contributed by atoms with Crippen LogP contribution in [0, 0.1) is 0 Å². The van der Waals surface area contributed by atoms with Crippen molar-refractivity contribution >= 4 is 50.4 Å². The number of ketones is 1. The number of amides is 1. The van der Waals surface area contributed by atoms with Crippen molar-refractivity contribution in [1.82, 2.24) is 0 Å². The summed E-state index contributed by atoms with van der Waals surface area (Å²) in [5.41, 5.74) is 1.05. The molecule has 1 unspecified atom stereocenters. The second-order valence-corrected chi connectivity index (χ2v) is 8.29. The maximum absolute atomic E-state index is 13.0. The number of aliphatic hydroxyl groups is 1. The number of anilines is 1. The molecule has 146 valence electrons. The molecule has 1 N–H and O–H groups in total. The Morgan fingerprint density at radius 3 is 2.59 bits per heavy atom. The molecule has 0 radical (unpaired) electrons. The molecular formula is C22H16BrNO4S. The Morgan fingerprint density at radius 2 is 1.90 bits per heavy atom. The molecule has 1 aromatic heterocycles. The van der Waals surface area contributed by atoms with Crippen LogP contribution in [0.5, 0.6) is 5.75 Å². The van der Waals surface area contributed by atoms with E-state index in [4.69, 9.17) is 4.74 Å². The van der Waals surface area contributed by atoms with Crippen LogP contribution in [0.4, 0.5) is 5.69 Å². The average molecular weight is 470 g/mol. The van der Waals surface area contributed by atoms with E-state index in [0.717, 1.165) is 9.35 Å². The van der Waals surface area contributed by atoms with Gasteiger partial charge in [0, 0.05) is 20.6 Å². The van der Waals surface area contributed by atoms with Crippen LogP contribution >= 0.6 is 27.3 Å². The van der Waals surface area contributed by atoms with Crippen molar-refractivity contribution in [2.24, 2.45) is 0 Å². The van der Waals surface area contributed by atoms with Crippen molar-refractivity contribution in [3.63, 3.8) is 0 Å². The first-order valence-electron chi connectivity index (χ1n) is 8.75. The van der Waals surface area contributed by atoms with Gasteiger partial charge in [-0.25, -0.2) is 0 Å². The highest BCUT2D eigenvalue weighted by Crippen LogP contribution is 2.44. The summed E-state index contributed by atoms with van der Waals surface area (Å²) < 4.78 is 6.01. The summed E-state index contributed by atoms with van der Waals surface area (Å²) in [5.74, 6) is -1.07. The lowest BCUT2D eigenvalue weighted by atomic mass is 9.99. The Hall–Kier alpha value is -2.90. The number of ether oxygens (including phenoxy) is 1. The van der Waals surface area contributed by atoms with Crippen LogP contribution in [-0.4, -0.2) is 23.9 Å². The molecule has 0 aliphatic carbocycles. The van der Waals surface area contributed by atoms with E-state index in [1.807, 2.05) is 23.6 Å². The van der Waals surface area contributed by atoms with E-state index in [2.05, 4.69) is 15.9 Å². The Bertz CT molecular complexity index is 1120. The molecule has 0 saturated carbocycles. The van der Waals surface area contributed by atoms with Crippen molar-refractivity contribution in [2.45, 2.75) is 6.04 Å². The van der Waals surface area contributed by atoms with E-state index in [-0.39, 0.29) is 11.3 Å². The van der Waals surface area contributed by atoms with Gasteiger partial charge in [-0.1, -0.05) is 40.2 Å². The molecule has 0 bridgehead atoms. The van der Waals surface area contributed by atoms with Crippen LogP contribution in [-0.2, 0) is 9.59 Å². The van der Waals surface area contributed by atoms with Crippen LogP contribution in [0.15, 0.2) is 76.1 Å². The van der Waals surface area contributed by atoms with E-state index in [1.165, 1.54) is 23.3 Å². The Labute approximate surface area is 180 Å². The zero-order chi connectivity index (χ0) is 20.5. The van der Waals surface area contributed by atoms with Crippen molar-refractivity contribution in [3.05, 3.63) is 86.5 Å². The van der Waals surface area contributed by atoms with Gasteiger partial charge < -0.3 is 9.84 Å². The van der Waals surface area contributed by atoms with Crippen LogP contribution in [0.25, 0.3) is 5.76 Å². The first-order chi connectivity index (χ1) is 14.0. The summed E-state index contributed by atoms with van der Waals surface area (Å²) in [6.07, 6.45) is 0. The van der Waals surface area contributed by atoms with Crippen LogP contribution < -0.4 is 9.64 Å². The monoisotopic (exact) mass is 469 g/mol. The first-order valence-corrected chi connectivity index (χ1v) is 10.4. The number of methoxy groups -OCH3 is 1. The van der Waals surface area contributed by atoms with Crippen molar-refractivity contribution in [1.29, 1.82) is 0 Å². The number of rotatable bonds is 4. The fourth-order valence-corrected chi connectivity index (χ4v) is 4.58. The number of aliphatic hydroxyl groups excluding tert-OH is 1. The normalized spacial score (nSPS) is 18.3. The van der Waals surface area contributed by atoms with E-state index >= 15 is 0 Å². The predicted molar refractivity (Wildman–Crippen MR) is 116 cm³/mol. The van der Waals surface area contributed by atoms with Crippen LogP contribution in [0.1, 0.15) is 16.5 Å². The highest BCUT2D eigenvalue weighted by molar-refractivity contribution is 9.10. The fourth-order valence-electron chi connectivity index (χ4n) is 3.37. The molecule has 1 aliphatic rings. The minimum absolute atomic E-state index is 0.0608. The van der Waals surface area contributed by atoms with Crippen molar-refractivity contribution in [3.8, 4) is 5.75 Å². The first kappa shape index (κ1) is 19.4. The van der Waals surface area contributed by atoms with Gasteiger partial charge in [-0.3, -0.25) is 14.5 Å². The molecule has 5 nitrogen and oxygen atoms in total. The summed E-state index contributed by atoms with van der Waals surface area (Å²) in [6.45, 7) is 0. The molecule has 1 saturated heterocycles.